The fraction of sp³-hybridized carbons (Fsp3) is 0.333. The molecule has 0 aliphatic carbocycles. The molecule has 2 aromatic rings. The molecule has 18 heavy (non-hydrogen) atoms. The van der Waals surface area contributed by atoms with Gasteiger partial charge in [0, 0.05) is 5.56 Å². The second kappa shape index (κ2) is 5.74. The third kappa shape index (κ3) is 2.74. The van der Waals surface area contributed by atoms with Crippen molar-refractivity contribution in [3.63, 3.8) is 0 Å². The molecule has 1 atom stereocenters. The predicted molar refractivity (Wildman–Crippen MR) is 71.8 cm³/mol. The van der Waals surface area contributed by atoms with E-state index in [1.54, 1.807) is 6.26 Å². The summed E-state index contributed by atoms with van der Waals surface area (Å²) in [6.45, 7) is 4.05. The molecule has 0 spiro atoms. The highest BCUT2D eigenvalue weighted by atomic mass is 16.5. The summed E-state index contributed by atoms with van der Waals surface area (Å²) in [5.41, 5.74) is 1.09. The topological polar surface area (TPSA) is 34.4 Å². The lowest BCUT2D eigenvalue weighted by Gasteiger charge is -2.19. The summed E-state index contributed by atoms with van der Waals surface area (Å²) in [5, 5.41) is 3.26. The van der Waals surface area contributed by atoms with Crippen LogP contribution in [0.15, 0.2) is 47.1 Å². The minimum atomic E-state index is 0.00921. The Balaban J connectivity index is 2.36. The average Bonchev–Trinajstić information content (AvgIpc) is 2.85. The highest BCUT2D eigenvalue weighted by Crippen LogP contribution is 2.30. The molecule has 3 nitrogen and oxygen atoms in total. The monoisotopic (exact) mass is 245 g/mol. The SMILES string of the molecule is CNC(c1ccco1)c1ccccc1OC(C)C. The second-order valence-electron chi connectivity index (χ2n) is 4.44. The number of nitrogens with one attached hydrogen (secondary N) is 1. The Morgan fingerprint density at radius 3 is 2.50 bits per heavy atom. The Morgan fingerprint density at radius 1 is 1.11 bits per heavy atom. The van der Waals surface area contributed by atoms with Crippen LogP contribution >= 0.6 is 0 Å². The Bertz CT molecular complexity index is 477. The number of hydrogen-bond acceptors (Lipinski definition) is 3. The van der Waals surface area contributed by atoms with Gasteiger partial charge >= 0.3 is 0 Å². The van der Waals surface area contributed by atoms with Crippen molar-refractivity contribution in [1.29, 1.82) is 0 Å². The van der Waals surface area contributed by atoms with Gasteiger partial charge in [0.1, 0.15) is 11.5 Å². The van der Waals surface area contributed by atoms with Crippen LogP contribution in [-0.2, 0) is 0 Å². The first-order valence-corrected chi connectivity index (χ1v) is 6.18. The van der Waals surface area contributed by atoms with Crippen LogP contribution < -0.4 is 10.1 Å². The molecule has 1 N–H and O–H groups in total. The van der Waals surface area contributed by atoms with Crippen molar-refractivity contribution in [3.8, 4) is 5.75 Å². The summed E-state index contributed by atoms with van der Waals surface area (Å²) >= 11 is 0. The van der Waals surface area contributed by atoms with Gasteiger partial charge in [0.05, 0.1) is 18.4 Å². The molecule has 0 saturated heterocycles. The molecular formula is C15H19NO2. The van der Waals surface area contributed by atoms with Gasteiger partial charge < -0.3 is 14.5 Å². The number of rotatable bonds is 5. The predicted octanol–water partition coefficient (Wildman–Crippen LogP) is 3.38. The van der Waals surface area contributed by atoms with Crippen molar-refractivity contribution in [2.45, 2.75) is 26.0 Å². The molecule has 0 bridgehead atoms. The summed E-state index contributed by atoms with van der Waals surface area (Å²) in [6.07, 6.45) is 1.84. The number of furan rings is 1. The smallest absolute Gasteiger partial charge is 0.125 e. The molecular weight excluding hydrogens is 226 g/mol. The van der Waals surface area contributed by atoms with E-state index in [9.17, 15) is 0 Å². The van der Waals surface area contributed by atoms with E-state index in [1.807, 2.05) is 51.2 Å². The Hall–Kier alpha value is -1.74. The molecule has 0 amide bonds. The first-order valence-electron chi connectivity index (χ1n) is 6.18. The third-order valence-corrected chi connectivity index (χ3v) is 2.71. The molecule has 0 aliphatic heterocycles. The first-order chi connectivity index (χ1) is 8.72. The highest BCUT2D eigenvalue weighted by molar-refractivity contribution is 5.39. The van der Waals surface area contributed by atoms with E-state index >= 15 is 0 Å². The zero-order valence-electron chi connectivity index (χ0n) is 11.0. The van der Waals surface area contributed by atoms with Crippen LogP contribution in [0.25, 0.3) is 0 Å². The molecule has 2 rings (SSSR count). The van der Waals surface area contributed by atoms with Crippen molar-refractivity contribution in [1.82, 2.24) is 5.32 Å². The average molecular weight is 245 g/mol. The van der Waals surface area contributed by atoms with Crippen LogP contribution in [0.4, 0.5) is 0 Å². The van der Waals surface area contributed by atoms with Gasteiger partial charge in [-0.2, -0.15) is 0 Å². The van der Waals surface area contributed by atoms with E-state index in [0.29, 0.717) is 0 Å². The molecule has 1 heterocycles. The minimum Gasteiger partial charge on any atom is -0.491 e. The lowest BCUT2D eigenvalue weighted by atomic mass is 10.0. The number of para-hydroxylation sites is 1. The largest absolute Gasteiger partial charge is 0.491 e. The van der Waals surface area contributed by atoms with Crippen molar-refractivity contribution in [3.05, 3.63) is 54.0 Å². The van der Waals surface area contributed by atoms with Crippen LogP contribution in [0.1, 0.15) is 31.2 Å². The zero-order valence-corrected chi connectivity index (χ0v) is 11.0. The summed E-state index contributed by atoms with van der Waals surface area (Å²) in [7, 11) is 1.92. The number of benzene rings is 1. The van der Waals surface area contributed by atoms with Gasteiger partial charge in [0.2, 0.25) is 0 Å². The fourth-order valence-corrected chi connectivity index (χ4v) is 1.99. The van der Waals surface area contributed by atoms with Crippen molar-refractivity contribution in [2.24, 2.45) is 0 Å². The second-order valence-corrected chi connectivity index (χ2v) is 4.44. The van der Waals surface area contributed by atoms with Crippen LogP contribution in [0.5, 0.6) is 5.75 Å². The number of hydrogen-bond donors (Lipinski definition) is 1. The summed E-state index contributed by atoms with van der Waals surface area (Å²) in [4.78, 5) is 0. The van der Waals surface area contributed by atoms with Crippen molar-refractivity contribution < 1.29 is 9.15 Å². The van der Waals surface area contributed by atoms with Crippen LogP contribution in [0.3, 0.4) is 0 Å². The van der Waals surface area contributed by atoms with E-state index in [-0.39, 0.29) is 12.1 Å². The molecule has 0 radical (unpaired) electrons. The maximum atomic E-state index is 5.84. The Labute approximate surface area is 108 Å². The summed E-state index contributed by atoms with van der Waals surface area (Å²) < 4.78 is 11.3. The normalized spacial score (nSPS) is 12.7. The van der Waals surface area contributed by atoms with Gasteiger partial charge in [-0.1, -0.05) is 18.2 Å². The Kier molecular flexibility index (Phi) is 4.05. The van der Waals surface area contributed by atoms with Crippen LogP contribution in [0, 0.1) is 0 Å². The fourth-order valence-electron chi connectivity index (χ4n) is 1.99. The van der Waals surface area contributed by atoms with Gasteiger partial charge in [-0.25, -0.2) is 0 Å². The highest BCUT2D eigenvalue weighted by Gasteiger charge is 2.19. The molecule has 1 aromatic carbocycles. The molecule has 0 fully saturated rings. The van der Waals surface area contributed by atoms with E-state index in [1.165, 1.54) is 0 Å². The molecule has 3 heteroatoms. The molecule has 0 aliphatic rings. The molecule has 96 valence electrons. The van der Waals surface area contributed by atoms with Gasteiger partial charge in [-0.15, -0.1) is 0 Å². The van der Waals surface area contributed by atoms with Crippen LogP contribution in [0.2, 0.25) is 0 Å². The van der Waals surface area contributed by atoms with Gasteiger partial charge in [-0.05, 0) is 39.1 Å². The lowest BCUT2D eigenvalue weighted by Crippen LogP contribution is -2.19. The molecule has 1 aromatic heterocycles. The van der Waals surface area contributed by atoms with Gasteiger partial charge in [0.15, 0.2) is 0 Å². The van der Waals surface area contributed by atoms with E-state index in [4.69, 9.17) is 9.15 Å². The molecule has 1 unspecified atom stereocenters. The number of ether oxygens (including phenoxy) is 1. The van der Waals surface area contributed by atoms with E-state index in [2.05, 4.69) is 11.4 Å². The summed E-state index contributed by atoms with van der Waals surface area (Å²) in [5.74, 6) is 1.78. The zero-order chi connectivity index (χ0) is 13.0. The van der Waals surface area contributed by atoms with E-state index < -0.39 is 0 Å². The van der Waals surface area contributed by atoms with Gasteiger partial charge in [-0.3, -0.25) is 0 Å². The minimum absolute atomic E-state index is 0.00921. The van der Waals surface area contributed by atoms with Gasteiger partial charge in [0.25, 0.3) is 0 Å². The van der Waals surface area contributed by atoms with Crippen molar-refractivity contribution >= 4 is 0 Å². The third-order valence-electron chi connectivity index (χ3n) is 2.71. The Morgan fingerprint density at radius 2 is 1.89 bits per heavy atom. The van der Waals surface area contributed by atoms with E-state index in [0.717, 1.165) is 17.1 Å². The maximum Gasteiger partial charge on any atom is 0.125 e. The quantitative estimate of drug-likeness (QED) is 0.877. The lowest BCUT2D eigenvalue weighted by molar-refractivity contribution is 0.238. The maximum absolute atomic E-state index is 5.84. The van der Waals surface area contributed by atoms with Crippen LogP contribution in [-0.4, -0.2) is 13.2 Å². The molecule has 0 saturated carbocycles. The summed E-state index contributed by atoms with van der Waals surface area (Å²) in [6, 6.07) is 11.9. The van der Waals surface area contributed by atoms with Crippen molar-refractivity contribution in [2.75, 3.05) is 7.05 Å². The standard InChI is InChI=1S/C15H19NO2/c1-11(2)18-13-8-5-4-7-12(13)15(16-3)14-9-6-10-17-14/h4-11,15-16H,1-3H3. The first kappa shape index (κ1) is 12.7.